The van der Waals surface area contributed by atoms with Gasteiger partial charge >= 0.3 is 6.03 Å². The Kier molecular flexibility index (Phi) is 8.67. The molecular formula is C32H42N4O2S. The first-order valence-electron chi connectivity index (χ1n) is 14.3. The largest absolute Gasteiger partial charge is 0.337 e. The van der Waals surface area contributed by atoms with Crippen molar-refractivity contribution in [3.8, 4) is 0 Å². The van der Waals surface area contributed by atoms with Gasteiger partial charge in [-0.3, -0.25) is 9.69 Å². The molecule has 2 fully saturated rings. The molecule has 3 amide bonds. The number of anilines is 1. The van der Waals surface area contributed by atoms with Gasteiger partial charge in [0.25, 0.3) is 0 Å². The molecule has 7 heteroatoms. The van der Waals surface area contributed by atoms with E-state index in [1.165, 1.54) is 16.9 Å². The molecule has 39 heavy (non-hydrogen) atoms. The Morgan fingerprint density at radius 3 is 2.38 bits per heavy atom. The van der Waals surface area contributed by atoms with Gasteiger partial charge in [0.1, 0.15) is 0 Å². The molecule has 1 N–H and O–H groups in total. The number of piperazine rings is 1. The minimum atomic E-state index is -0.0446. The minimum absolute atomic E-state index is 0.0446. The Morgan fingerprint density at radius 2 is 1.74 bits per heavy atom. The van der Waals surface area contributed by atoms with Gasteiger partial charge in [-0.25, -0.2) is 4.79 Å². The van der Waals surface area contributed by atoms with E-state index in [0.29, 0.717) is 37.4 Å². The van der Waals surface area contributed by atoms with E-state index in [1.54, 1.807) is 11.8 Å². The molecule has 1 heterocycles. The van der Waals surface area contributed by atoms with Crippen molar-refractivity contribution in [2.75, 3.05) is 57.4 Å². The number of rotatable bonds is 9. The summed E-state index contributed by atoms with van der Waals surface area (Å²) in [6, 6.07) is 18.0. The zero-order chi connectivity index (χ0) is 27.4. The van der Waals surface area contributed by atoms with E-state index in [0.717, 1.165) is 49.8 Å². The van der Waals surface area contributed by atoms with Gasteiger partial charge in [-0.2, -0.15) is 0 Å². The monoisotopic (exact) mass is 546 g/mol. The fourth-order valence-electron chi connectivity index (χ4n) is 6.36. The summed E-state index contributed by atoms with van der Waals surface area (Å²) in [6.07, 6.45) is 7.31. The molecule has 6 nitrogen and oxygen atoms in total. The van der Waals surface area contributed by atoms with E-state index in [9.17, 15) is 9.59 Å². The number of hydrogen-bond acceptors (Lipinski definition) is 4. The number of amides is 3. The summed E-state index contributed by atoms with van der Waals surface area (Å²) < 4.78 is 0. The molecule has 3 aliphatic carbocycles. The van der Waals surface area contributed by atoms with Crippen LogP contribution in [0.25, 0.3) is 0 Å². The van der Waals surface area contributed by atoms with Crippen molar-refractivity contribution in [2.24, 2.45) is 17.3 Å². The smallest absolute Gasteiger partial charge is 0.321 e. The van der Waals surface area contributed by atoms with Crippen LogP contribution in [0.1, 0.15) is 32.3 Å². The van der Waals surface area contributed by atoms with Gasteiger partial charge in [0.15, 0.2) is 0 Å². The molecule has 2 unspecified atom stereocenters. The van der Waals surface area contributed by atoms with Crippen molar-refractivity contribution >= 4 is 29.4 Å². The van der Waals surface area contributed by atoms with E-state index in [-0.39, 0.29) is 11.9 Å². The van der Waals surface area contributed by atoms with Crippen LogP contribution in [0.2, 0.25) is 0 Å². The third-order valence-corrected chi connectivity index (χ3v) is 9.94. The van der Waals surface area contributed by atoms with Crippen LogP contribution in [0.3, 0.4) is 0 Å². The normalized spacial score (nSPS) is 22.0. The number of carbonyl (C=O) groups excluding carboxylic acids is 2. The number of fused-ring (bicyclic) bond motifs is 1. The minimum Gasteiger partial charge on any atom is -0.337 e. The number of thioether (sulfide) groups is 1. The lowest BCUT2D eigenvalue weighted by molar-refractivity contribution is -0.130. The molecule has 2 aromatic carbocycles. The Bertz CT molecular complexity index is 1170. The van der Waals surface area contributed by atoms with E-state index < -0.39 is 0 Å². The highest BCUT2D eigenvalue weighted by Crippen LogP contribution is 2.59. The third-order valence-electron chi connectivity index (χ3n) is 9.19. The second-order valence-electron chi connectivity index (χ2n) is 11.8. The maximum atomic E-state index is 13.5. The van der Waals surface area contributed by atoms with Gasteiger partial charge in [0.2, 0.25) is 5.91 Å². The topological polar surface area (TPSA) is 55.9 Å². The van der Waals surface area contributed by atoms with Crippen LogP contribution in [0, 0.1) is 17.3 Å². The number of allylic oxidation sites excluding steroid dienone is 1. The summed E-state index contributed by atoms with van der Waals surface area (Å²) in [5.74, 6) is 1.59. The third kappa shape index (κ3) is 6.52. The lowest BCUT2D eigenvalue weighted by Crippen LogP contribution is -2.53. The van der Waals surface area contributed by atoms with E-state index in [4.69, 9.17) is 0 Å². The highest BCUT2D eigenvalue weighted by atomic mass is 32.2. The summed E-state index contributed by atoms with van der Waals surface area (Å²) in [5, 5.41) is 3.03. The zero-order valence-electron chi connectivity index (χ0n) is 23.6. The summed E-state index contributed by atoms with van der Waals surface area (Å²) in [6.45, 7) is 10.1. The Balaban J connectivity index is 1.15. The van der Waals surface area contributed by atoms with Crippen molar-refractivity contribution in [1.82, 2.24) is 14.7 Å². The van der Waals surface area contributed by atoms with Crippen molar-refractivity contribution in [2.45, 2.75) is 38.0 Å². The van der Waals surface area contributed by atoms with E-state index in [1.807, 2.05) is 65.8 Å². The second kappa shape index (κ2) is 12.2. The molecule has 0 aromatic heterocycles. The van der Waals surface area contributed by atoms with Crippen LogP contribution in [-0.4, -0.2) is 78.7 Å². The summed E-state index contributed by atoms with van der Waals surface area (Å²) in [5.41, 5.74) is 3.70. The number of hydrogen-bond donors (Lipinski definition) is 1. The fraction of sp³-hybridized carbons (Fsp3) is 0.500. The molecule has 2 atom stereocenters. The average molecular weight is 547 g/mol. The number of urea groups is 1. The summed E-state index contributed by atoms with van der Waals surface area (Å²) in [4.78, 5) is 33.9. The molecule has 4 aliphatic rings. The molecule has 1 aliphatic heterocycles. The van der Waals surface area contributed by atoms with E-state index >= 15 is 0 Å². The molecule has 1 saturated carbocycles. The molecule has 2 aromatic rings. The highest BCUT2D eigenvalue weighted by molar-refractivity contribution is 7.98. The Labute approximate surface area is 237 Å². The first-order chi connectivity index (χ1) is 18.8. The highest BCUT2D eigenvalue weighted by Gasteiger charge is 2.51. The molecular weight excluding hydrogens is 504 g/mol. The van der Waals surface area contributed by atoms with Crippen molar-refractivity contribution in [3.05, 3.63) is 71.8 Å². The molecule has 1 saturated heterocycles. The Hall–Kier alpha value is -2.77. The first-order valence-corrected chi connectivity index (χ1v) is 15.5. The second-order valence-corrected chi connectivity index (χ2v) is 12.7. The predicted molar refractivity (Wildman–Crippen MR) is 160 cm³/mol. The van der Waals surface area contributed by atoms with Crippen LogP contribution >= 0.6 is 11.8 Å². The van der Waals surface area contributed by atoms with Crippen molar-refractivity contribution in [3.63, 3.8) is 0 Å². The summed E-state index contributed by atoms with van der Waals surface area (Å²) >= 11 is 1.69. The fourth-order valence-corrected chi connectivity index (χ4v) is 6.77. The van der Waals surface area contributed by atoms with Crippen LogP contribution in [0.15, 0.2) is 71.1 Å². The Morgan fingerprint density at radius 1 is 1.03 bits per heavy atom. The number of benzene rings is 2. The van der Waals surface area contributed by atoms with Crippen LogP contribution in [-0.2, 0) is 11.2 Å². The maximum Gasteiger partial charge on any atom is 0.321 e. The van der Waals surface area contributed by atoms with Gasteiger partial charge in [0.05, 0.1) is 6.42 Å². The first kappa shape index (κ1) is 27.8. The maximum absolute atomic E-state index is 13.5. The van der Waals surface area contributed by atoms with Gasteiger partial charge in [0, 0.05) is 56.4 Å². The molecule has 2 bridgehead atoms. The van der Waals surface area contributed by atoms with Crippen molar-refractivity contribution < 1.29 is 9.59 Å². The average Bonchev–Trinajstić information content (AvgIpc) is 2.96. The summed E-state index contributed by atoms with van der Waals surface area (Å²) in [7, 11) is 0. The van der Waals surface area contributed by atoms with E-state index in [2.05, 4.69) is 35.0 Å². The quantitative estimate of drug-likeness (QED) is 0.328. The van der Waals surface area contributed by atoms with Crippen LogP contribution < -0.4 is 5.32 Å². The van der Waals surface area contributed by atoms with Gasteiger partial charge < -0.3 is 15.1 Å². The SMILES string of the molecule is CSc1ccc(NC(=O)N2CCN(CCN(CC3=CCC4CC3C4(C)C)C(=O)Cc3ccccc3)CC2)cc1. The zero-order valence-corrected chi connectivity index (χ0v) is 24.4. The molecule has 0 spiro atoms. The van der Waals surface area contributed by atoms with Crippen molar-refractivity contribution in [1.29, 1.82) is 0 Å². The predicted octanol–water partition coefficient (Wildman–Crippen LogP) is 5.62. The standard InChI is InChI=1S/C32H42N4O2S/c1-32(2)26-10-9-25(29(32)22-26)23-36(30(37)21-24-7-5-4-6-8-24)20-17-34-15-18-35(19-16-34)31(38)33-27-11-13-28(39-3)14-12-27/h4-9,11-14,26,29H,10,15-23H2,1-3H3,(H,33,38). The van der Waals surface area contributed by atoms with Gasteiger partial charge in [-0.05, 0) is 66.2 Å². The molecule has 6 rings (SSSR count). The van der Waals surface area contributed by atoms with Gasteiger partial charge in [-0.15, -0.1) is 11.8 Å². The molecule has 208 valence electrons. The number of carbonyl (C=O) groups is 2. The number of nitrogens with zero attached hydrogens (tertiary/aromatic N) is 3. The van der Waals surface area contributed by atoms with Crippen LogP contribution in [0.4, 0.5) is 10.5 Å². The van der Waals surface area contributed by atoms with Crippen LogP contribution in [0.5, 0.6) is 0 Å². The lowest BCUT2D eigenvalue weighted by Gasteiger charge is -2.57. The number of nitrogens with one attached hydrogen (secondary N) is 1. The lowest BCUT2D eigenvalue weighted by atomic mass is 9.49. The van der Waals surface area contributed by atoms with Gasteiger partial charge in [-0.1, -0.05) is 55.8 Å². The molecule has 0 radical (unpaired) electrons.